The molecule has 30 heavy (non-hydrogen) atoms. The van der Waals surface area contributed by atoms with Crippen molar-refractivity contribution in [1.29, 1.82) is 0 Å². The van der Waals surface area contributed by atoms with E-state index in [1.165, 1.54) is 11.1 Å². The molecule has 154 valence electrons. The van der Waals surface area contributed by atoms with Gasteiger partial charge in [-0.3, -0.25) is 19.6 Å². The van der Waals surface area contributed by atoms with Crippen molar-refractivity contribution in [3.8, 4) is 0 Å². The van der Waals surface area contributed by atoms with E-state index in [-0.39, 0.29) is 5.91 Å². The molecule has 0 atom stereocenters. The number of nitrogens with zero attached hydrogens (tertiary/aromatic N) is 3. The zero-order chi connectivity index (χ0) is 20.6. The Labute approximate surface area is 178 Å². The first-order valence-corrected chi connectivity index (χ1v) is 10.5. The van der Waals surface area contributed by atoms with E-state index in [2.05, 4.69) is 62.6 Å². The van der Waals surface area contributed by atoms with Gasteiger partial charge in [-0.1, -0.05) is 48.5 Å². The molecular formula is C25H28N4O. The molecule has 1 saturated heterocycles. The van der Waals surface area contributed by atoms with Crippen LogP contribution in [-0.2, 0) is 19.6 Å². The number of piperazine rings is 1. The Morgan fingerprint density at radius 1 is 0.767 bits per heavy atom. The lowest BCUT2D eigenvalue weighted by Gasteiger charge is -2.34. The van der Waals surface area contributed by atoms with Gasteiger partial charge in [-0.05, 0) is 34.9 Å². The van der Waals surface area contributed by atoms with Crippen LogP contribution in [0.3, 0.4) is 0 Å². The number of rotatable bonds is 7. The van der Waals surface area contributed by atoms with E-state index < -0.39 is 0 Å². The van der Waals surface area contributed by atoms with Gasteiger partial charge < -0.3 is 5.32 Å². The van der Waals surface area contributed by atoms with Crippen LogP contribution in [0.15, 0.2) is 79.1 Å². The van der Waals surface area contributed by atoms with Crippen LogP contribution in [0.25, 0.3) is 0 Å². The molecular weight excluding hydrogens is 372 g/mol. The second-order valence-electron chi connectivity index (χ2n) is 7.78. The highest BCUT2D eigenvalue weighted by atomic mass is 16.1. The lowest BCUT2D eigenvalue weighted by atomic mass is 10.1. The predicted molar refractivity (Wildman–Crippen MR) is 119 cm³/mol. The number of nitrogens with one attached hydrogen (secondary N) is 1. The van der Waals surface area contributed by atoms with Crippen LogP contribution in [0.2, 0.25) is 0 Å². The molecule has 5 nitrogen and oxygen atoms in total. The van der Waals surface area contributed by atoms with Crippen LogP contribution in [0, 0.1) is 0 Å². The van der Waals surface area contributed by atoms with Crippen LogP contribution < -0.4 is 5.32 Å². The number of aromatic nitrogens is 1. The van der Waals surface area contributed by atoms with E-state index in [0.29, 0.717) is 12.1 Å². The van der Waals surface area contributed by atoms with E-state index in [0.717, 1.165) is 44.8 Å². The number of benzene rings is 2. The highest BCUT2D eigenvalue weighted by Gasteiger charge is 2.17. The molecule has 1 aromatic heterocycles. The van der Waals surface area contributed by atoms with Gasteiger partial charge in [0.05, 0.1) is 0 Å². The molecule has 3 aromatic rings. The van der Waals surface area contributed by atoms with Crippen molar-refractivity contribution in [3.63, 3.8) is 0 Å². The molecule has 1 N–H and O–H groups in total. The first-order chi connectivity index (χ1) is 14.8. The van der Waals surface area contributed by atoms with Gasteiger partial charge in [-0.2, -0.15) is 0 Å². The minimum absolute atomic E-state index is 0.0556. The van der Waals surface area contributed by atoms with Gasteiger partial charge >= 0.3 is 0 Å². The Kier molecular flexibility index (Phi) is 6.85. The van der Waals surface area contributed by atoms with E-state index in [1.807, 2.05) is 24.3 Å². The van der Waals surface area contributed by atoms with Crippen molar-refractivity contribution in [2.75, 3.05) is 26.2 Å². The predicted octanol–water partition coefficient (Wildman–Crippen LogP) is 3.33. The SMILES string of the molecule is O=C(NCc1cccnc1)c1ccc(CN2CCN(Cc3ccccc3)CC2)cc1. The fourth-order valence-corrected chi connectivity index (χ4v) is 3.75. The van der Waals surface area contributed by atoms with Crippen molar-refractivity contribution in [3.05, 3.63) is 101 Å². The van der Waals surface area contributed by atoms with Gasteiger partial charge in [-0.25, -0.2) is 0 Å². The second kappa shape index (κ2) is 10.1. The molecule has 5 heteroatoms. The molecule has 0 unspecified atom stereocenters. The van der Waals surface area contributed by atoms with Crippen LogP contribution in [0.4, 0.5) is 0 Å². The number of pyridine rings is 1. The third kappa shape index (κ3) is 5.75. The maximum absolute atomic E-state index is 12.4. The molecule has 2 aromatic carbocycles. The van der Waals surface area contributed by atoms with Crippen LogP contribution in [0.1, 0.15) is 27.0 Å². The number of carbonyl (C=O) groups excluding carboxylic acids is 1. The molecule has 2 heterocycles. The Balaban J connectivity index is 1.22. The molecule has 1 aliphatic rings. The van der Waals surface area contributed by atoms with Crippen molar-refractivity contribution >= 4 is 5.91 Å². The van der Waals surface area contributed by atoms with Crippen LogP contribution in [-0.4, -0.2) is 46.9 Å². The molecule has 0 spiro atoms. The molecule has 0 radical (unpaired) electrons. The first-order valence-electron chi connectivity index (χ1n) is 10.5. The second-order valence-corrected chi connectivity index (χ2v) is 7.78. The van der Waals surface area contributed by atoms with E-state index in [1.54, 1.807) is 12.4 Å². The summed E-state index contributed by atoms with van der Waals surface area (Å²) in [4.78, 5) is 21.4. The van der Waals surface area contributed by atoms with Gasteiger partial charge in [0.25, 0.3) is 5.91 Å². The summed E-state index contributed by atoms with van der Waals surface area (Å²) in [5, 5.41) is 2.95. The quantitative estimate of drug-likeness (QED) is 0.661. The summed E-state index contributed by atoms with van der Waals surface area (Å²) in [6.45, 7) is 6.75. The summed E-state index contributed by atoms with van der Waals surface area (Å²) in [5.74, 6) is -0.0556. The van der Waals surface area contributed by atoms with Crippen LogP contribution >= 0.6 is 0 Å². The van der Waals surface area contributed by atoms with E-state index >= 15 is 0 Å². The van der Waals surface area contributed by atoms with Crippen molar-refractivity contribution in [1.82, 2.24) is 20.1 Å². The molecule has 1 aliphatic heterocycles. The minimum Gasteiger partial charge on any atom is -0.348 e. The number of amides is 1. The highest BCUT2D eigenvalue weighted by molar-refractivity contribution is 5.94. The summed E-state index contributed by atoms with van der Waals surface area (Å²) in [7, 11) is 0. The third-order valence-electron chi connectivity index (χ3n) is 5.51. The van der Waals surface area contributed by atoms with Gasteiger partial charge in [0.1, 0.15) is 0 Å². The van der Waals surface area contributed by atoms with Crippen molar-refractivity contribution in [2.24, 2.45) is 0 Å². The Bertz CT molecular complexity index is 920. The molecule has 0 aliphatic carbocycles. The van der Waals surface area contributed by atoms with Gasteiger partial charge in [0.15, 0.2) is 0 Å². The Hall–Kier alpha value is -3.02. The molecule has 4 rings (SSSR count). The summed E-state index contributed by atoms with van der Waals surface area (Å²) in [6.07, 6.45) is 3.50. The largest absolute Gasteiger partial charge is 0.348 e. The molecule has 0 bridgehead atoms. The maximum Gasteiger partial charge on any atom is 0.251 e. The zero-order valence-corrected chi connectivity index (χ0v) is 17.2. The van der Waals surface area contributed by atoms with Gasteiger partial charge in [0, 0.05) is 63.8 Å². The zero-order valence-electron chi connectivity index (χ0n) is 17.2. The van der Waals surface area contributed by atoms with E-state index in [4.69, 9.17) is 0 Å². The lowest BCUT2D eigenvalue weighted by molar-refractivity contribution is 0.0951. The normalized spacial score (nSPS) is 15.1. The van der Waals surface area contributed by atoms with Crippen molar-refractivity contribution in [2.45, 2.75) is 19.6 Å². The fourth-order valence-electron chi connectivity index (χ4n) is 3.75. The van der Waals surface area contributed by atoms with Crippen molar-refractivity contribution < 1.29 is 4.79 Å². The standard InChI is InChI=1S/C25H28N4O/c30-25(27-18-23-7-4-12-26-17-23)24-10-8-22(9-11-24)20-29-15-13-28(14-16-29)19-21-5-2-1-3-6-21/h1-12,17H,13-16,18-20H2,(H,27,30). The van der Waals surface area contributed by atoms with Gasteiger partial charge in [0.2, 0.25) is 0 Å². The molecule has 1 amide bonds. The van der Waals surface area contributed by atoms with Gasteiger partial charge in [-0.15, -0.1) is 0 Å². The monoisotopic (exact) mass is 400 g/mol. The smallest absolute Gasteiger partial charge is 0.251 e. The van der Waals surface area contributed by atoms with E-state index in [9.17, 15) is 4.79 Å². The highest BCUT2D eigenvalue weighted by Crippen LogP contribution is 2.12. The first kappa shape index (κ1) is 20.3. The summed E-state index contributed by atoms with van der Waals surface area (Å²) in [5.41, 5.74) is 4.31. The fraction of sp³-hybridized carbons (Fsp3) is 0.280. The summed E-state index contributed by atoms with van der Waals surface area (Å²) < 4.78 is 0. The minimum atomic E-state index is -0.0556. The Morgan fingerprint density at radius 2 is 1.37 bits per heavy atom. The molecule has 0 saturated carbocycles. The summed E-state index contributed by atoms with van der Waals surface area (Å²) >= 11 is 0. The number of carbonyl (C=O) groups is 1. The summed E-state index contributed by atoms with van der Waals surface area (Å²) in [6, 6.07) is 22.5. The number of hydrogen-bond donors (Lipinski definition) is 1. The average molecular weight is 401 g/mol. The number of hydrogen-bond acceptors (Lipinski definition) is 4. The molecule has 1 fully saturated rings. The van der Waals surface area contributed by atoms with Crippen LogP contribution in [0.5, 0.6) is 0 Å². The lowest BCUT2D eigenvalue weighted by Crippen LogP contribution is -2.45. The topological polar surface area (TPSA) is 48.5 Å². The maximum atomic E-state index is 12.4. The third-order valence-corrected chi connectivity index (χ3v) is 5.51. The Morgan fingerprint density at radius 3 is 1.97 bits per heavy atom. The average Bonchev–Trinajstić information content (AvgIpc) is 2.81.